The molecule has 0 aliphatic rings. The zero-order valence-corrected chi connectivity index (χ0v) is 8.54. The van der Waals surface area contributed by atoms with E-state index in [0.717, 1.165) is 0 Å². The molecule has 2 nitrogen and oxygen atoms in total. The maximum absolute atomic E-state index is 10.7. The van der Waals surface area contributed by atoms with E-state index in [1.165, 1.54) is 13.1 Å². The Kier molecular flexibility index (Phi) is 5.22. The summed E-state index contributed by atoms with van der Waals surface area (Å²) in [5.41, 5.74) is -0.0000926. The van der Waals surface area contributed by atoms with Crippen LogP contribution in [0.3, 0.4) is 0 Å². The summed E-state index contributed by atoms with van der Waals surface area (Å²) in [7, 11) is 0. The predicted molar refractivity (Wildman–Crippen MR) is 52.9 cm³/mol. The fourth-order valence-electron chi connectivity index (χ4n) is 0.503. The summed E-state index contributed by atoms with van der Waals surface area (Å²) in [5, 5.41) is -0.596. The molecule has 0 N–H and O–H groups in total. The van der Waals surface area contributed by atoms with Crippen molar-refractivity contribution in [2.45, 2.75) is 6.92 Å². The van der Waals surface area contributed by atoms with Gasteiger partial charge in [0.25, 0.3) is 5.24 Å². The lowest BCUT2D eigenvalue weighted by Crippen LogP contribution is -2.03. The van der Waals surface area contributed by atoms with Crippen molar-refractivity contribution in [3.63, 3.8) is 0 Å². The van der Waals surface area contributed by atoms with Crippen LogP contribution in [0.1, 0.15) is 6.92 Å². The average Bonchev–Trinajstić information content (AvgIpc) is 1.85. The summed E-state index contributed by atoms with van der Waals surface area (Å²) in [6.07, 6.45) is 1.20. The van der Waals surface area contributed by atoms with E-state index in [1.54, 1.807) is 0 Å². The zero-order valence-electron chi connectivity index (χ0n) is 6.27. The molecule has 0 aliphatic carbocycles. The van der Waals surface area contributed by atoms with Crippen LogP contribution in [0, 0.1) is 0 Å². The third-order valence-corrected chi connectivity index (χ3v) is 1.62. The summed E-state index contributed by atoms with van der Waals surface area (Å²) in [5.74, 6) is 0. The Hall–Kier alpha value is -0.310. The molecule has 5 heteroatoms. The first-order valence-electron chi connectivity index (χ1n) is 2.91. The van der Waals surface area contributed by atoms with Gasteiger partial charge >= 0.3 is 0 Å². The van der Waals surface area contributed by atoms with Gasteiger partial charge in [0.05, 0.1) is 5.57 Å². The molecular weight excluding hydrogens is 220 g/mol. The Bertz CT molecular complexity index is 264. The van der Waals surface area contributed by atoms with Gasteiger partial charge in [0.15, 0.2) is 0 Å². The van der Waals surface area contributed by atoms with Crippen molar-refractivity contribution in [3.05, 3.63) is 23.4 Å². The van der Waals surface area contributed by atoms with Crippen LogP contribution in [-0.2, 0) is 4.79 Å². The molecule has 0 radical (unpaired) electrons. The van der Waals surface area contributed by atoms with Gasteiger partial charge in [0, 0.05) is 11.2 Å². The minimum Gasteiger partial charge on any atom is -0.275 e. The molecule has 66 valence electrons. The van der Waals surface area contributed by atoms with E-state index in [-0.39, 0.29) is 15.8 Å². The highest BCUT2D eigenvalue weighted by atomic mass is 35.5. The van der Waals surface area contributed by atoms with E-state index >= 15 is 0 Å². The molecule has 0 atom stereocenters. The van der Waals surface area contributed by atoms with Gasteiger partial charge in [-0.3, -0.25) is 4.79 Å². The van der Waals surface area contributed by atoms with Gasteiger partial charge in [0.1, 0.15) is 5.17 Å². The second-order valence-electron chi connectivity index (χ2n) is 1.78. The third-order valence-electron chi connectivity index (χ3n) is 0.952. The Morgan fingerprint density at radius 2 is 1.92 bits per heavy atom. The number of allylic oxidation sites excluding steroid dienone is 2. The van der Waals surface area contributed by atoms with Gasteiger partial charge in [-0.2, -0.15) is 0 Å². The summed E-state index contributed by atoms with van der Waals surface area (Å²) >= 11 is 16.3. The Labute approximate surface area is 85.5 Å². The molecule has 0 fully saturated rings. The highest BCUT2D eigenvalue weighted by Gasteiger charge is 2.14. The zero-order chi connectivity index (χ0) is 9.72. The number of rotatable bonds is 3. The first-order valence-corrected chi connectivity index (χ1v) is 4.05. The van der Waals surface area contributed by atoms with Crippen molar-refractivity contribution >= 4 is 45.2 Å². The number of nitrogens with zero attached hydrogens (tertiary/aromatic N) is 1. The topological polar surface area (TPSA) is 29.4 Å². The van der Waals surface area contributed by atoms with Gasteiger partial charge in [0.2, 0.25) is 0 Å². The highest BCUT2D eigenvalue weighted by Crippen LogP contribution is 2.16. The van der Waals surface area contributed by atoms with Crippen LogP contribution in [0.15, 0.2) is 28.4 Å². The third kappa shape index (κ3) is 3.39. The fraction of sp³-hybridized carbons (Fsp3) is 0.143. The number of aliphatic imine (C=N–C) groups is 1. The second kappa shape index (κ2) is 5.36. The van der Waals surface area contributed by atoms with Crippen LogP contribution in [0.2, 0.25) is 0 Å². The number of halogens is 3. The van der Waals surface area contributed by atoms with Gasteiger partial charge in [-0.15, -0.1) is 0 Å². The molecular formula is C7H6Cl3NO. The number of carbonyl (C=O) groups excluding carboxylic acids is 1. The SMILES string of the molecule is C=CN=C(Cl)/C(C(=O)Cl)=C(\C)Cl. The van der Waals surface area contributed by atoms with Crippen molar-refractivity contribution in [2.75, 3.05) is 0 Å². The van der Waals surface area contributed by atoms with E-state index in [9.17, 15) is 4.79 Å². The summed E-state index contributed by atoms with van der Waals surface area (Å²) in [6, 6.07) is 0. The van der Waals surface area contributed by atoms with Crippen molar-refractivity contribution < 1.29 is 4.79 Å². The van der Waals surface area contributed by atoms with Crippen molar-refractivity contribution in [1.82, 2.24) is 0 Å². The molecule has 0 spiro atoms. The van der Waals surface area contributed by atoms with Crippen LogP contribution < -0.4 is 0 Å². The fourth-order valence-corrected chi connectivity index (χ4v) is 1.35. The van der Waals surface area contributed by atoms with Gasteiger partial charge < -0.3 is 0 Å². The van der Waals surface area contributed by atoms with Crippen LogP contribution in [-0.4, -0.2) is 10.4 Å². The van der Waals surface area contributed by atoms with Gasteiger partial charge in [-0.1, -0.05) is 29.8 Å². The Morgan fingerprint density at radius 3 is 2.17 bits per heavy atom. The van der Waals surface area contributed by atoms with Crippen LogP contribution in [0.25, 0.3) is 0 Å². The van der Waals surface area contributed by atoms with Gasteiger partial charge in [-0.05, 0) is 18.5 Å². The van der Waals surface area contributed by atoms with Crippen LogP contribution >= 0.6 is 34.8 Å². The minimum absolute atomic E-state index is 0.0000926. The lowest BCUT2D eigenvalue weighted by atomic mass is 10.3. The van der Waals surface area contributed by atoms with E-state index < -0.39 is 5.24 Å². The van der Waals surface area contributed by atoms with E-state index in [2.05, 4.69) is 11.6 Å². The maximum atomic E-state index is 10.7. The molecule has 0 bridgehead atoms. The quantitative estimate of drug-likeness (QED) is 0.413. The van der Waals surface area contributed by atoms with Crippen LogP contribution in [0.4, 0.5) is 0 Å². The molecule has 0 aromatic rings. The first kappa shape index (κ1) is 11.7. The molecule has 0 saturated carbocycles. The molecule has 0 aliphatic heterocycles. The first-order chi connectivity index (χ1) is 5.50. The van der Waals surface area contributed by atoms with E-state index in [0.29, 0.717) is 0 Å². The smallest absolute Gasteiger partial charge is 0.256 e. The molecule has 12 heavy (non-hydrogen) atoms. The van der Waals surface area contributed by atoms with Crippen molar-refractivity contribution in [2.24, 2.45) is 4.99 Å². The summed E-state index contributed by atoms with van der Waals surface area (Å²) < 4.78 is 0. The molecule has 0 rings (SSSR count). The molecule has 0 aromatic carbocycles. The number of hydrogen-bond acceptors (Lipinski definition) is 2. The average molecular weight is 226 g/mol. The molecule has 0 aromatic heterocycles. The Morgan fingerprint density at radius 1 is 1.42 bits per heavy atom. The summed E-state index contributed by atoms with van der Waals surface area (Å²) in [4.78, 5) is 14.3. The number of hydrogen-bond donors (Lipinski definition) is 0. The van der Waals surface area contributed by atoms with Gasteiger partial charge in [-0.25, -0.2) is 4.99 Å². The number of carbonyl (C=O) groups is 1. The minimum atomic E-state index is -0.738. The second-order valence-corrected chi connectivity index (χ2v) is 3.05. The molecule has 0 saturated heterocycles. The molecule has 0 heterocycles. The van der Waals surface area contributed by atoms with Crippen molar-refractivity contribution in [3.8, 4) is 0 Å². The monoisotopic (exact) mass is 225 g/mol. The molecule has 0 amide bonds. The maximum Gasteiger partial charge on any atom is 0.256 e. The largest absolute Gasteiger partial charge is 0.275 e. The summed E-state index contributed by atoms with van der Waals surface area (Å²) in [6.45, 7) is 4.81. The lowest BCUT2D eigenvalue weighted by Gasteiger charge is -1.98. The standard InChI is InChI=1S/C7H6Cl3NO/c1-3-11-6(9)5(4(2)8)7(10)12/h3H,1H2,2H3/b5-4-,11-6?. The van der Waals surface area contributed by atoms with Crippen LogP contribution in [0.5, 0.6) is 0 Å². The van der Waals surface area contributed by atoms with E-state index in [1.807, 2.05) is 0 Å². The normalized spacial score (nSPS) is 13.8. The van der Waals surface area contributed by atoms with E-state index in [4.69, 9.17) is 34.8 Å². The molecule has 0 unspecified atom stereocenters. The lowest BCUT2D eigenvalue weighted by molar-refractivity contribution is -0.108. The highest BCUT2D eigenvalue weighted by molar-refractivity contribution is 6.81. The van der Waals surface area contributed by atoms with Crippen molar-refractivity contribution in [1.29, 1.82) is 0 Å². The predicted octanol–water partition coefficient (Wildman–Crippen LogP) is 3.05. The Balaban J connectivity index is 5.04.